The molecule has 0 aliphatic carbocycles. The maximum absolute atomic E-state index is 13.6. The first-order valence-electron chi connectivity index (χ1n) is 6.87. The van der Waals surface area contributed by atoms with E-state index in [4.69, 9.17) is 23.2 Å². The van der Waals surface area contributed by atoms with Gasteiger partial charge in [-0.15, -0.1) is 11.6 Å². The van der Waals surface area contributed by atoms with Crippen LogP contribution >= 0.6 is 23.2 Å². The molecule has 0 spiro atoms. The summed E-state index contributed by atoms with van der Waals surface area (Å²) in [5.74, 6) is 2.23. The topological polar surface area (TPSA) is 34.9 Å². The number of hydrogen-bond donors (Lipinski definition) is 0. The lowest BCUT2D eigenvalue weighted by molar-refractivity contribution is 0.459. The van der Waals surface area contributed by atoms with Gasteiger partial charge in [0.2, 0.25) is 0 Å². The number of benzene rings is 1. The van der Waals surface area contributed by atoms with Crippen LogP contribution in [0.15, 0.2) is 12.1 Å². The second-order valence-corrected chi connectivity index (χ2v) is 7.65. The number of nitrogens with zero attached hydrogens (tertiary/aromatic N) is 2. The first-order valence-corrected chi connectivity index (χ1v) is 9.27. The number of aryl methyl sites for hydroxylation is 1. The number of alkyl halides is 1. The van der Waals surface area contributed by atoms with E-state index in [1.165, 1.54) is 6.07 Å². The average Bonchev–Trinajstić information content (AvgIpc) is 2.78. The minimum atomic E-state index is -0.721. The molecule has 0 N–H and O–H groups in total. The Balaban J connectivity index is 2.11. The van der Waals surface area contributed by atoms with E-state index in [0.717, 1.165) is 24.2 Å². The van der Waals surface area contributed by atoms with Gasteiger partial charge >= 0.3 is 0 Å². The zero-order valence-electron chi connectivity index (χ0n) is 11.3. The predicted octanol–water partition coefficient (Wildman–Crippen LogP) is 3.69. The minimum absolute atomic E-state index is 0.0976. The van der Waals surface area contributed by atoms with Crippen LogP contribution < -0.4 is 0 Å². The molecule has 7 heteroatoms. The molecular formula is C14H15Cl2FN2OS. The SMILES string of the molecule is O=S1CCC(n2c(CCCl)nc3cc(F)c(Cl)cc32)CC1. The summed E-state index contributed by atoms with van der Waals surface area (Å²) in [5.41, 5.74) is 1.43. The molecule has 3 nitrogen and oxygen atoms in total. The zero-order valence-corrected chi connectivity index (χ0v) is 13.6. The van der Waals surface area contributed by atoms with Crippen LogP contribution in [0.2, 0.25) is 5.02 Å². The van der Waals surface area contributed by atoms with Crippen LogP contribution in [0.5, 0.6) is 0 Å². The van der Waals surface area contributed by atoms with Gasteiger partial charge in [0.25, 0.3) is 0 Å². The molecule has 1 aromatic heterocycles. The Morgan fingerprint density at radius 3 is 2.76 bits per heavy atom. The van der Waals surface area contributed by atoms with Crippen LogP contribution in [0, 0.1) is 5.82 Å². The van der Waals surface area contributed by atoms with Crippen molar-refractivity contribution in [1.82, 2.24) is 9.55 Å². The molecular weight excluding hydrogens is 334 g/mol. The van der Waals surface area contributed by atoms with Gasteiger partial charge in [0, 0.05) is 46.7 Å². The Morgan fingerprint density at radius 1 is 1.38 bits per heavy atom. The van der Waals surface area contributed by atoms with Gasteiger partial charge in [0.05, 0.1) is 16.1 Å². The lowest BCUT2D eigenvalue weighted by atomic mass is 10.1. The van der Waals surface area contributed by atoms with Gasteiger partial charge in [-0.05, 0) is 18.9 Å². The molecule has 1 fully saturated rings. The van der Waals surface area contributed by atoms with E-state index in [9.17, 15) is 8.60 Å². The van der Waals surface area contributed by atoms with Crippen molar-refractivity contribution in [1.29, 1.82) is 0 Å². The Morgan fingerprint density at radius 2 is 2.10 bits per heavy atom. The van der Waals surface area contributed by atoms with Gasteiger partial charge in [-0.25, -0.2) is 9.37 Å². The summed E-state index contributed by atoms with van der Waals surface area (Å²) in [6.45, 7) is 0. The Bertz CT molecular complexity index is 694. The fraction of sp³-hybridized carbons (Fsp3) is 0.500. The van der Waals surface area contributed by atoms with E-state index in [0.29, 0.717) is 29.3 Å². The van der Waals surface area contributed by atoms with Gasteiger partial charge in [-0.2, -0.15) is 0 Å². The van der Waals surface area contributed by atoms with E-state index in [2.05, 4.69) is 9.55 Å². The van der Waals surface area contributed by atoms with E-state index in [-0.39, 0.29) is 11.1 Å². The molecule has 0 atom stereocenters. The molecule has 2 aromatic rings. The third kappa shape index (κ3) is 2.96. The van der Waals surface area contributed by atoms with Crippen LogP contribution in [0.3, 0.4) is 0 Å². The first-order chi connectivity index (χ1) is 10.1. The van der Waals surface area contributed by atoms with Gasteiger partial charge in [0.1, 0.15) is 11.6 Å². The standard InChI is InChI=1S/C14H15Cl2FN2OS/c15-4-1-14-18-12-8-11(17)10(16)7-13(12)19(14)9-2-5-21(20)6-3-9/h7-9H,1-6H2. The lowest BCUT2D eigenvalue weighted by Gasteiger charge is -2.25. The average molecular weight is 349 g/mol. The molecule has 2 heterocycles. The van der Waals surface area contributed by atoms with Crippen molar-refractivity contribution in [3.63, 3.8) is 0 Å². The zero-order chi connectivity index (χ0) is 15.0. The second kappa shape index (κ2) is 6.23. The maximum Gasteiger partial charge on any atom is 0.144 e. The molecule has 3 rings (SSSR count). The second-order valence-electron chi connectivity index (χ2n) is 5.17. The molecule has 0 bridgehead atoms. The summed E-state index contributed by atoms with van der Waals surface area (Å²) in [5, 5.41) is 0.0976. The number of halogens is 3. The highest BCUT2D eigenvalue weighted by Gasteiger charge is 2.24. The quantitative estimate of drug-likeness (QED) is 0.792. The van der Waals surface area contributed by atoms with Crippen LogP contribution in [-0.2, 0) is 17.2 Å². The summed E-state index contributed by atoms with van der Waals surface area (Å²) in [4.78, 5) is 4.50. The van der Waals surface area contributed by atoms with Crippen LogP contribution in [0.1, 0.15) is 24.7 Å². The van der Waals surface area contributed by atoms with Crippen molar-refractivity contribution >= 4 is 45.0 Å². The molecule has 1 aliphatic rings. The highest BCUT2D eigenvalue weighted by molar-refractivity contribution is 7.85. The molecule has 0 saturated carbocycles. The smallest absolute Gasteiger partial charge is 0.144 e. The number of aromatic nitrogens is 2. The van der Waals surface area contributed by atoms with Crippen molar-refractivity contribution in [3.8, 4) is 0 Å². The highest BCUT2D eigenvalue weighted by Crippen LogP contribution is 2.31. The van der Waals surface area contributed by atoms with Crippen molar-refractivity contribution < 1.29 is 8.60 Å². The van der Waals surface area contributed by atoms with Crippen molar-refractivity contribution in [2.45, 2.75) is 25.3 Å². The van der Waals surface area contributed by atoms with E-state index in [1.807, 2.05) is 0 Å². The van der Waals surface area contributed by atoms with E-state index < -0.39 is 16.6 Å². The van der Waals surface area contributed by atoms with Crippen molar-refractivity contribution in [2.75, 3.05) is 17.4 Å². The maximum atomic E-state index is 13.6. The number of hydrogen-bond acceptors (Lipinski definition) is 2. The third-order valence-corrected chi connectivity index (χ3v) is 5.71. The molecule has 1 aromatic carbocycles. The summed E-state index contributed by atoms with van der Waals surface area (Å²) in [6, 6.07) is 3.22. The molecule has 1 saturated heterocycles. The Hall–Kier alpha value is -0.650. The fourth-order valence-electron chi connectivity index (χ4n) is 2.85. The minimum Gasteiger partial charge on any atom is -0.325 e. The fourth-order valence-corrected chi connectivity index (χ4v) is 4.45. The van der Waals surface area contributed by atoms with E-state index in [1.54, 1.807) is 6.07 Å². The number of imidazole rings is 1. The Labute approximate surface area is 134 Å². The van der Waals surface area contributed by atoms with Gasteiger partial charge in [-0.1, -0.05) is 11.6 Å². The van der Waals surface area contributed by atoms with Crippen molar-refractivity contribution in [3.05, 3.63) is 28.8 Å². The molecule has 21 heavy (non-hydrogen) atoms. The predicted molar refractivity (Wildman–Crippen MR) is 85.3 cm³/mol. The van der Waals surface area contributed by atoms with E-state index >= 15 is 0 Å². The van der Waals surface area contributed by atoms with Crippen molar-refractivity contribution in [2.24, 2.45) is 0 Å². The highest BCUT2D eigenvalue weighted by atomic mass is 35.5. The van der Waals surface area contributed by atoms with Gasteiger partial charge in [0.15, 0.2) is 0 Å². The number of fused-ring (bicyclic) bond motifs is 1. The first kappa shape index (κ1) is 15.3. The largest absolute Gasteiger partial charge is 0.325 e. The van der Waals surface area contributed by atoms with Crippen LogP contribution in [-0.4, -0.2) is 31.1 Å². The van der Waals surface area contributed by atoms with Crippen LogP contribution in [0.25, 0.3) is 11.0 Å². The van der Waals surface area contributed by atoms with Crippen LogP contribution in [0.4, 0.5) is 4.39 Å². The molecule has 0 amide bonds. The molecule has 0 unspecified atom stereocenters. The number of rotatable bonds is 3. The summed E-state index contributed by atoms with van der Waals surface area (Å²) in [6.07, 6.45) is 2.29. The molecule has 0 radical (unpaired) electrons. The molecule has 1 aliphatic heterocycles. The van der Waals surface area contributed by atoms with Gasteiger partial charge in [-0.3, -0.25) is 4.21 Å². The van der Waals surface area contributed by atoms with Gasteiger partial charge < -0.3 is 4.57 Å². The monoisotopic (exact) mass is 348 g/mol. The summed E-state index contributed by atoms with van der Waals surface area (Å²) >= 11 is 11.8. The third-order valence-electron chi connectivity index (χ3n) is 3.85. The summed E-state index contributed by atoms with van der Waals surface area (Å²) < 4.78 is 27.3. The Kier molecular flexibility index (Phi) is 4.52. The molecule has 114 valence electrons. The normalized spacial score (nSPS) is 22.8. The lowest BCUT2D eigenvalue weighted by Crippen LogP contribution is -2.23. The summed E-state index contributed by atoms with van der Waals surface area (Å²) in [7, 11) is -0.721.